The topological polar surface area (TPSA) is 278 Å². The van der Waals surface area contributed by atoms with E-state index in [1.165, 1.54) is 102 Å². The van der Waals surface area contributed by atoms with Crippen molar-refractivity contribution >= 4 is 34.9 Å². The van der Waals surface area contributed by atoms with E-state index in [1.807, 2.05) is 85.8 Å². The standard InChI is InChI=1S/C17H26N2O.C16H25N3O.2C16H26N2O.C15H22N2O.2C14H22N2O.C13H20N2O/c1-13-7-8-19(11-13)12-16(20)9-15-6-5-14(10-18-15)17(2,3)4;1-16(2,3)13-7-8-17-14(11-13)18-15(20)12-19-9-5-4-6-10-19;1-13-7-8-18(12-13)9-10-19-15-6-5-14(11-17-15)16(2,3)4;1-16(2,3)14-6-7-15(17-13-14)5-4-8-18-9-11-19-12-10-18;1-15(2,3)11-6-7-12(17-10-11)9-14(18)13-5-4-8-16-13;1-14(2,3)12-4-5-13(15-10-12)11-16-6-8-17-9-7-16;1-13(2,3)10-6-7-11(16-9-10)8-12(17)14(4,5)15;1-13(2,3)11-4-5-14-12(10-11)15-6-8-16-9-7-15/h5-6,10,13H,7-9,11-12H2,1-4H3;7-8,11H,4-6,9-10,12H2,1-3H3,(H,17,18,20);5-6,11,13H,7-10,12H2,1-4H3;6-7,13H,4-5,8-12H2,1-3H3;6-7,10,13,16H,4-5,8-9H2,1-3H3;4-5,10H,6-9,11H2,1-3H3;6-7,9H,8,15H2,1-5H3;4-5,10H,6-9H2,1-3H3/t13-;;13-;;13-;;;/m0.0.0.../s1. The van der Waals surface area contributed by atoms with Crippen LogP contribution in [0.3, 0.4) is 0 Å². The molecule has 0 aromatic carbocycles. The van der Waals surface area contributed by atoms with Crippen LogP contribution in [0.15, 0.2) is 147 Å². The van der Waals surface area contributed by atoms with Crippen molar-refractivity contribution in [3.8, 4) is 5.88 Å². The van der Waals surface area contributed by atoms with E-state index in [9.17, 15) is 19.2 Å². The summed E-state index contributed by atoms with van der Waals surface area (Å²) in [6.07, 6.45) is 27.0. The summed E-state index contributed by atoms with van der Waals surface area (Å²) in [4.78, 5) is 97.3. The minimum Gasteiger partial charge on any atom is -0.476 e. The monoisotopic (exact) mass is 2010 g/mol. The maximum Gasteiger partial charge on any atom is 0.239 e. The molecule has 146 heavy (non-hydrogen) atoms. The lowest BCUT2D eigenvalue weighted by Crippen LogP contribution is -2.42. The Morgan fingerprint density at radius 2 is 0.808 bits per heavy atom. The molecule has 0 unspecified atom stereocenters. The molecule has 15 heterocycles. The number of amides is 1. The fraction of sp³-hybridized carbons (Fsp3) is 0.636. The number of hydrogen-bond acceptors (Lipinski definition) is 24. The number of aromatic nitrogens is 8. The number of carbonyl (C=O) groups is 4. The molecule has 1 amide bonds. The van der Waals surface area contributed by atoms with Gasteiger partial charge in [0, 0.05) is 144 Å². The average Bonchev–Trinajstić information content (AvgIpc) is 1.13. The molecule has 25 nitrogen and oxygen atoms in total. The highest BCUT2D eigenvalue weighted by Crippen LogP contribution is 2.32. The van der Waals surface area contributed by atoms with Gasteiger partial charge in [0.05, 0.1) is 89.3 Å². The van der Waals surface area contributed by atoms with Gasteiger partial charge < -0.3 is 40.2 Å². The van der Waals surface area contributed by atoms with Crippen LogP contribution in [-0.2, 0) is 109 Å². The van der Waals surface area contributed by atoms with Crippen molar-refractivity contribution in [2.75, 3.05) is 168 Å². The number of Topliss-reactive ketones (excluding diaryl/α,β-unsaturated/α-hetero) is 3. The van der Waals surface area contributed by atoms with Crippen molar-refractivity contribution in [1.82, 2.24) is 69.7 Å². The van der Waals surface area contributed by atoms with E-state index < -0.39 is 5.54 Å². The summed E-state index contributed by atoms with van der Waals surface area (Å²) >= 11 is 0. The predicted molar refractivity (Wildman–Crippen MR) is 598 cm³/mol. The van der Waals surface area contributed by atoms with Crippen LogP contribution >= 0.6 is 0 Å². The molecule has 0 spiro atoms. The number of rotatable bonds is 24. The van der Waals surface area contributed by atoms with Crippen LogP contribution in [0.25, 0.3) is 0 Å². The third-order valence-corrected chi connectivity index (χ3v) is 27.5. The molecule has 0 aliphatic carbocycles. The number of morpholine rings is 3. The molecule has 0 bridgehead atoms. The van der Waals surface area contributed by atoms with Gasteiger partial charge in [-0.15, -0.1) is 0 Å². The SMILES string of the molecule is CC(C)(C)c1ccc(CC(=O)[C@@H]2CCCN2)nc1.CC(C)(C)c1ccc(CCCN2CCOCC2)nc1.CC(C)(C)c1ccc(CN2CCOCC2)nc1.CC(C)(C)c1ccnc(N2CCOCC2)c1.CC(C)(C)c1ccnc(NC(=O)CN2CCCCC2)c1.CC(C)(N)C(=O)Cc1ccc(C(C)(C)C)cn1.C[C@H]1CCN(CC(=O)Cc2ccc(C(C)(C)C)cn2)C1.C[C@H]1CCN(CCOc2ccc(C(C)(C)C)cn2)C1. The molecule has 15 rings (SSSR count). The van der Waals surface area contributed by atoms with Crippen molar-refractivity contribution in [3.63, 3.8) is 0 Å². The molecule has 0 saturated carbocycles. The Balaban J connectivity index is 0.000000204. The second-order valence-corrected chi connectivity index (χ2v) is 49.8. The molecule has 8 aromatic heterocycles. The maximum absolute atomic E-state index is 12.1. The van der Waals surface area contributed by atoms with E-state index in [-0.39, 0.29) is 72.6 Å². The van der Waals surface area contributed by atoms with Gasteiger partial charge in [-0.1, -0.05) is 223 Å². The third kappa shape index (κ3) is 45.7. The van der Waals surface area contributed by atoms with E-state index in [0.717, 1.165) is 203 Å². The Bertz CT molecular complexity index is 5060. The number of nitrogens with one attached hydrogen (secondary N) is 2. The number of nitrogens with zero attached hydrogens (tertiary/aromatic N) is 14. The zero-order valence-corrected chi connectivity index (χ0v) is 95.4. The number of nitrogens with two attached hydrogens (primary N) is 1. The van der Waals surface area contributed by atoms with Crippen LogP contribution < -0.4 is 26.0 Å². The van der Waals surface area contributed by atoms with Gasteiger partial charge in [-0.2, -0.15) is 0 Å². The number of hydrogen-bond donors (Lipinski definition) is 3. The molecular weight excluding hydrogens is 1820 g/mol. The third-order valence-electron chi connectivity index (χ3n) is 27.5. The van der Waals surface area contributed by atoms with Crippen molar-refractivity contribution in [1.29, 1.82) is 0 Å². The Morgan fingerprint density at radius 3 is 1.23 bits per heavy atom. The number of piperidine rings is 1. The second-order valence-electron chi connectivity index (χ2n) is 49.8. The van der Waals surface area contributed by atoms with Gasteiger partial charge in [-0.25, -0.2) is 15.0 Å². The first-order valence-corrected chi connectivity index (χ1v) is 54.3. The molecule has 7 aliphatic heterocycles. The number of carbonyl (C=O) groups excluding carboxylic acids is 4. The number of pyridine rings is 8. The fourth-order valence-corrected chi connectivity index (χ4v) is 17.3. The summed E-state index contributed by atoms with van der Waals surface area (Å²) in [7, 11) is 0. The minimum atomic E-state index is -0.787. The lowest BCUT2D eigenvalue weighted by molar-refractivity contribution is -0.122. The van der Waals surface area contributed by atoms with E-state index >= 15 is 0 Å². The maximum atomic E-state index is 12.1. The highest BCUT2D eigenvalue weighted by Gasteiger charge is 2.30. The zero-order valence-electron chi connectivity index (χ0n) is 95.4. The Kier molecular flexibility index (Phi) is 48.3. The van der Waals surface area contributed by atoms with Gasteiger partial charge in [0.15, 0.2) is 17.3 Å². The Labute approximate surface area is 880 Å². The predicted octanol–water partition coefficient (Wildman–Crippen LogP) is 20.3. The molecule has 25 heteroatoms. The molecule has 8 aromatic rings. The molecule has 7 aliphatic rings. The Morgan fingerprint density at radius 1 is 0.390 bits per heavy atom. The molecule has 7 saturated heterocycles. The summed E-state index contributed by atoms with van der Waals surface area (Å²) in [6.45, 7) is 84.1. The van der Waals surface area contributed by atoms with E-state index in [1.54, 1.807) is 20.0 Å². The summed E-state index contributed by atoms with van der Waals surface area (Å²) in [5.74, 6) is 4.61. The van der Waals surface area contributed by atoms with Gasteiger partial charge in [0.1, 0.15) is 18.2 Å². The van der Waals surface area contributed by atoms with E-state index in [4.69, 9.17) is 24.7 Å². The molecule has 4 N–H and O–H groups in total. The van der Waals surface area contributed by atoms with Gasteiger partial charge in [-0.05, 0) is 259 Å². The van der Waals surface area contributed by atoms with Crippen LogP contribution in [0.1, 0.15) is 318 Å². The fourth-order valence-electron chi connectivity index (χ4n) is 17.3. The summed E-state index contributed by atoms with van der Waals surface area (Å²) in [5.41, 5.74) is 20.9. The summed E-state index contributed by atoms with van der Waals surface area (Å²) in [5, 5.41) is 6.14. The van der Waals surface area contributed by atoms with E-state index in [2.05, 4.69) is 315 Å². The quantitative estimate of drug-likeness (QED) is 0.0507. The second kappa shape index (κ2) is 57.8. The first kappa shape index (κ1) is 122. The summed E-state index contributed by atoms with van der Waals surface area (Å²) in [6, 6.07) is 33.2. The van der Waals surface area contributed by atoms with E-state index in [0.29, 0.717) is 38.2 Å². The molecule has 3 atom stereocenters. The largest absolute Gasteiger partial charge is 0.476 e. The zero-order chi connectivity index (χ0) is 107. The number of ketones is 3. The van der Waals surface area contributed by atoms with Crippen molar-refractivity contribution in [2.24, 2.45) is 17.6 Å². The van der Waals surface area contributed by atoms with Crippen LogP contribution in [-0.4, -0.2) is 257 Å². The molecule has 7 fully saturated rings. The average molecular weight is 2010 g/mol. The minimum absolute atomic E-state index is 0.00788. The van der Waals surface area contributed by atoms with Crippen molar-refractivity contribution in [3.05, 3.63) is 220 Å². The van der Waals surface area contributed by atoms with Crippen molar-refractivity contribution < 1.29 is 38.1 Å². The number of anilines is 2. The highest BCUT2D eigenvalue weighted by atomic mass is 16.5. The number of aryl methyl sites for hydroxylation is 1. The first-order valence-electron chi connectivity index (χ1n) is 54.3. The number of likely N-dealkylation sites (tertiary alicyclic amines) is 3. The Hall–Kier alpha value is -9.12. The van der Waals surface area contributed by atoms with Gasteiger partial charge >= 0.3 is 0 Å². The summed E-state index contributed by atoms with van der Waals surface area (Å²) < 4.78 is 21.8. The first-order chi connectivity index (χ1) is 68.5. The molecular formula is C121H189N17O8. The molecule has 0 radical (unpaired) electrons. The van der Waals surface area contributed by atoms with Crippen LogP contribution in [0.4, 0.5) is 11.6 Å². The lowest BCUT2D eigenvalue weighted by atomic mass is 9.88. The van der Waals surface area contributed by atoms with Crippen molar-refractivity contribution in [2.45, 2.75) is 332 Å². The van der Waals surface area contributed by atoms with Crippen LogP contribution in [0.5, 0.6) is 5.88 Å². The van der Waals surface area contributed by atoms with Crippen LogP contribution in [0, 0.1) is 11.8 Å². The molecule has 806 valence electrons. The highest BCUT2D eigenvalue weighted by molar-refractivity contribution is 5.91. The lowest BCUT2D eigenvalue weighted by Gasteiger charge is -2.29. The number of ether oxygens (including phenoxy) is 4. The van der Waals surface area contributed by atoms with Crippen LogP contribution in [0.2, 0.25) is 0 Å². The van der Waals surface area contributed by atoms with Gasteiger partial charge in [-0.3, -0.25) is 68.6 Å². The van der Waals surface area contributed by atoms with Gasteiger partial charge in [0.25, 0.3) is 0 Å². The normalized spacial score (nSPS) is 18.1. The smallest absolute Gasteiger partial charge is 0.239 e. The van der Waals surface area contributed by atoms with Gasteiger partial charge in [0.2, 0.25) is 11.8 Å².